The molecule has 0 aliphatic carbocycles. The molecule has 142 valence electrons. The van der Waals surface area contributed by atoms with E-state index >= 15 is 0 Å². The van der Waals surface area contributed by atoms with E-state index in [-0.39, 0.29) is 11.7 Å². The van der Waals surface area contributed by atoms with Crippen LogP contribution in [0.2, 0.25) is 0 Å². The summed E-state index contributed by atoms with van der Waals surface area (Å²) in [4.78, 5) is 18.8. The third kappa shape index (κ3) is 3.63. The first kappa shape index (κ1) is 18.8. The summed E-state index contributed by atoms with van der Waals surface area (Å²) in [6, 6.07) is 8.05. The zero-order valence-electron chi connectivity index (χ0n) is 16.6. The summed E-state index contributed by atoms with van der Waals surface area (Å²) >= 11 is 0. The van der Waals surface area contributed by atoms with Crippen LogP contribution in [0.5, 0.6) is 0 Å². The number of aromatic nitrogens is 4. The fourth-order valence-electron chi connectivity index (χ4n) is 3.08. The molecule has 0 radical (unpaired) electrons. The van der Waals surface area contributed by atoms with Gasteiger partial charge < -0.3 is 9.42 Å². The van der Waals surface area contributed by atoms with Crippen molar-refractivity contribution in [2.45, 2.75) is 47.1 Å². The number of aryl methyl sites for hydroxylation is 3. The molecule has 27 heavy (non-hydrogen) atoms. The second-order valence-corrected chi connectivity index (χ2v) is 7.07. The molecule has 0 aliphatic heterocycles. The molecule has 0 saturated carbocycles. The van der Waals surface area contributed by atoms with Crippen LogP contribution in [0, 0.1) is 20.8 Å². The van der Waals surface area contributed by atoms with E-state index in [9.17, 15) is 4.79 Å². The number of amides is 1. The molecule has 3 rings (SSSR count). The van der Waals surface area contributed by atoms with E-state index < -0.39 is 0 Å². The summed E-state index contributed by atoms with van der Waals surface area (Å²) in [6.07, 6.45) is 0. The summed E-state index contributed by atoms with van der Waals surface area (Å²) in [6.45, 7) is 10.2. The minimum Gasteiger partial charge on any atom is -0.361 e. The Bertz CT molecular complexity index is 951. The maximum atomic E-state index is 12.8. The van der Waals surface area contributed by atoms with Crippen molar-refractivity contribution in [3.8, 4) is 5.69 Å². The summed E-state index contributed by atoms with van der Waals surface area (Å²) in [5, 5.41) is 8.43. The maximum absolute atomic E-state index is 12.8. The van der Waals surface area contributed by atoms with Crippen molar-refractivity contribution in [3.05, 3.63) is 58.5 Å². The third-order valence-corrected chi connectivity index (χ3v) is 4.67. The van der Waals surface area contributed by atoms with Gasteiger partial charge in [0.25, 0.3) is 5.91 Å². The van der Waals surface area contributed by atoms with Crippen LogP contribution in [0.4, 0.5) is 0 Å². The lowest BCUT2D eigenvalue weighted by atomic mass is 10.0. The molecule has 0 spiro atoms. The molecule has 7 heteroatoms. The average Bonchev–Trinajstić information content (AvgIpc) is 3.18. The number of nitrogens with zero attached hydrogens (tertiary/aromatic N) is 5. The summed E-state index contributed by atoms with van der Waals surface area (Å²) in [7, 11) is 1.73. The topological polar surface area (TPSA) is 77.0 Å². The quantitative estimate of drug-likeness (QED) is 0.689. The fourth-order valence-corrected chi connectivity index (χ4v) is 3.08. The second-order valence-electron chi connectivity index (χ2n) is 7.07. The molecule has 0 N–H and O–H groups in total. The van der Waals surface area contributed by atoms with Gasteiger partial charge in [-0.05, 0) is 38.3 Å². The predicted octanol–water partition coefficient (Wildman–Crippen LogP) is 3.58. The molecule has 0 saturated heterocycles. The summed E-state index contributed by atoms with van der Waals surface area (Å²) in [5.74, 6) is 1.68. The first-order valence-electron chi connectivity index (χ1n) is 8.99. The Hall–Kier alpha value is -2.96. The van der Waals surface area contributed by atoms with Gasteiger partial charge in [0.2, 0.25) is 5.82 Å². The van der Waals surface area contributed by atoms with Gasteiger partial charge in [0.05, 0.1) is 17.9 Å². The molecule has 2 heterocycles. The van der Waals surface area contributed by atoms with Crippen LogP contribution in [-0.4, -0.2) is 37.8 Å². The highest BCUT2D eigenvalue weighted by Gasteiger charge is 2.22. The smallest absolute Gasteiger partial charge is 0.293 e. The lowest BCUT2D eigenvalue weighted by Gasteiger charge is -2.15. The van der Waals surface area contributed by atoms with Crippen molar-refractivity contribution in [1.29, 1.82) is 0 Å². The van der Waals surface area contributed by atoms with Crippen molar-refractivity contribution < 1.29 is 9.32 Å². The number of carbonyl (C=O) groups excluding carboxylic acids is 1. The molecular formula is C20H25N5O2. The lowest BCUT2D eigenvalue weighted by Crippen LogP contribution is -2.27. The Morgan fingerprint density at radius 1 is 1.22 bits per heavy atom. The van der Waals surface area contributed by atoms with E-state index in [0.29, 0.717) is 24.0 Å². The summed E-state index contributed by atoms with van der Waals surface area (Å²) < 4.78 is 6.92. The van der Waals surface area contributed by atoms with Crippen molar-refractivity contribution in [3.63, 3.8) is 0 Å². The van der Waals surface area contributed by atoms with Gasteiger partial charge in [0.1, 0.15) is 11.6 Å². The Balaban J connectivity index is 1.89. The monoisotopic (exact) mass is 367 g/mol. The molecule has 1 amide bonds. The molecule has 0 fully saturated rings. The van der Waals surface area contributed by atoms with Crippen LogP contribution in [0.3, 0.4) is 0 Å². The van der Waals surface area contributed by atoms with Gasteiger partial charge in [-0.1, -0.05) is 37.2 Å². The highest BCUT2D eigenvalue weighted by Crippen LogP contribution is 2.23. The van der Waals surface area contributed by atoms with Crippen molar-refractivity contribution in [2.75, 3.05) is 7.05 Å². The molecule has 7 nitrogen and oxygen atoms in total. The minimum atomic E-state index is -0.237. The lowest BCUT2D eigenvalue weighted by molar-refractivity contribution is 0.0772. The van der Waals surface area contributed by atoms with E-state index in [2.05, 4.69) is 35.2 Å². The van der Waals surface area contributed by atoms with Crippen LogP contribution >= 0.6 is 0 Å². The molecule has 0 unspecified atom stereocenters. The Labute approximate surface area is 159 Å². The van der Waals surface area contributed by atoms with E-state index in [1.807, 2.05) is 39.0 Å². The van der Waals surface area contributed by atoms with E-state index in [4.69, 9.17) is 4.52 Å². The van der Waals surface area contributed by atoms with Crippen molar-refractivity contribution in [2.24, 2.45) is 0 Å². The molecule has 0 atom stereocenters. The molecular weight excluding hydrogens is 342 g/mol. The third-order valence-electron chi connectivity index (χ3n) is 4.67. The zero-order chi connectivity index (χ0) is 19.7. The first-order chi connectivity index (χ1) is 12.8. The predicted molar refractivity (Wildman–Crippen MR) is 102 cm³/mol. The van der Waals surface area contributed by atoms with Gasteiger partial charge in [0.15, 0.2) is 0 Å². The van der Waals surface area contributed by atoms with Crippen LogP contribution in [0.15, 0.2) is 28.8 Å². The van der Waals surface area contributed by atoms with Gasteiger partial charge in [-0.15, -0.1) is 5.10 Å². The summed E-state index contributed by atoms with van der Waals surface area (Å²) in [5.41, 5.74) is 3.80. The molecule has 0 bridgehead atoms. The zero-order valence-corrected chi connectivity index (χ0v) is 16.6. The van der Waals surface area contributed by atoms with Crippen molar-refractivity contribution >= 4 is 5.91 Å². The number of benzene rings is 1. The Morgan fingerprint density at radius 2 is 1.93 bits per heavy atom. The van der Waals surface area contributed by atoms with Gasteiger partial charge in [0, 0.05) is 12.6 Å². The molecule has 3 aromatic rings. The van der Waals surface area contributed by atoms with Crippen LogP contribution < -0.4 is 0 Å². The van der Waals surface area contributed by atoms with Crippen LogP contribution in [-0.2, 0) is 6.54 Å². The van der Waals surface area contributed by atoms with Gasteiger partial charge in [-0.25, -0.2) is 9.67 Å². The van der Waals surface area contributed by atoms with Crippen LogP contribution in [0.1, 0.15) is 58.8 Å². The van der Waals surface area contributed by atoms with Gasteiger partial charge in [-0.2, -0.15) is 0 Å². The first-order valence-corrected chi connectivity index (χ1v) is 8.99. The molecule has 2 aromatic heterocycles. The number of hydrogen-bond acceptors (Lipinski definition) is 5. The fraction of sp³-hybridized carbons (Fsp3) is 0.400. The minimum absolute atomic E-state index is 0.181. The van der Waals surface area contributed by atoms with E-state index in [0.717, 1.165) is 22.5 Å². The number of carbonyl (C=O) groups is 1. The van der Waals surface area contributed by atoms with E-state index in [1.165, 1.54) is 0 Å². The van der Waals surface area contributed by atoms with Gasteiger partial charge in [-0.3, -0.25) is 4.79 Å². The SMILES string of the molecule is Cc1noc(C)c1CN(C)C(=O)c1nc(C)n(-c2ccccc2C(C)C)n1. The average molecular weight is 367 g/mol. The Morgan fingerprint density at radius 3 is 2.56 bits per heavy atom. The highest BCUT2D eigenvalue weighted by atomic mass is 16.5. The highest BCUT2D eigenvalue weighted by molar-refractivity contribution is 5.90. The largest absolute Gasteiger partial charge is 0.361 e. The molecule has 1 aromatic carbocycles. The molecule has 0 aliphatic rings. The van der Waals surface area contributed by atoms with Crippen molar-refractivity contribution in [1.82, 2.24) is 24.8 Å². The maximum Gasteiger partial charge on any atom is 0.293 e. The second kappa shape index (κ2) is 7.34. The number of hydrogen-bond donors (Lipinski definition) is 0. The normalized spacial score (nSPS) is 11.2. The Kier molecular flexibility index (Phi) is 5.12. The number of rotatable bonds is 5. The van der Waals surface area contributed by atoms with Gasteiger partial charge >= 0.3 is 0 Å². The van der Waals surface area contributed by atoms with E-state index in [1.54, 1.807) is 16.6 Å². The van der Waals surface area contributed by atoms with Crippen LogP contribution in [0.25, 0.3) is 5.69 Å². The standard InChI is InChI=1S/C20H25N5O2/c1-12(2)16-9-7-8-10-18(16)25-15(5)21-19(22-25)20(26)24(6)11-17-13(3)23-27-14(17)4/h7-10,12H,11H2,1-6H3. The number of para-hydroxylation sites is 1.